The summed E-state index contributed by atoms with van der Waals surface area (Å²) in [6.07, 6.45) is 3.36. The SMILES string of the molecule is Cc1ccnc(Nc2ccnc([S])n2)c1. The Bertz CT molecular complexity index is 429. The number of pyridine rings is 1. The summed E-state index contributed by atoms with van der Waals surface area (Å²) < 4.78 is 0. The number of nitrogens with zero attached hydrogens (tertiary/aromatic N) is 3. The number of nitrogens with one attached hydrogen (secondary N) is 1. The fourth-order valence-corrected chi connectivity index (χ4v) is 1.31. The van der Waals surface area contributed by atoms with Crippen molar-refractivity contribution in [2.45, 2.75) is 12.1 Å². The molecule has 2 heterocycles. The van der Waals surface area contributed by atoms with Crippen LogP contribution in [0.1, 0.15) is 5.56 Å². The number of rotatable bonds is 2. The van der Waals surface area contributed by atoms with Crippen molar-refractivity contribution in [3.05, 3.63) is 36.2 Å². The largest absolute Gasteiger partial charge is 0.325 e. The third-order valence-corrected chi connectivity index (χ3v) is 2.00. The summed E-state index contributed by atoms with van der Waals surface area (Å²) in [6.45, 7) is 2.01. The average Bonchev–Trinajstić information content (AvgIpc) is 2.17. The second-order valence-electron chi connectivity index (χ2n) is 3.07. The van der Waals surface area contributed by atoms with E-state index in [1.165, 1.54) is 0 Å². The van der Waals surface area contributed by atoms with Gasteiger partial charge in [-0.1, -0.05) is 0 Å². The van der Waals surface area contributed by atoms with Gasteiger partial charge in [0.05, 0.1) is 0 Å². The van der Waals surface area contributed by atoms with Gasteiger partial charge in [0.25, 0.3) is 0 Å². The zero-order valence-corrected chi connectivity index (χ0v) is 8.95. The highest BCUT2D eigenvalue weighted by atomic mass is 32.1. The monoisotopic (exact) mass is 217 g/mol. The lowest BCUT2D eigenvalue weighted by Crippen LogP contribution is -1.97. The van der Waals surface area contributed by atoms with E-state index in [4.69, 9.17) is 12.6 Å². The zero-order valence-electron chi connectivity index (χ0n) is 8.14. The minimum atomic E-state index is 0.327. The third kappa shape index (κ3) is 2.60. The summed E-state index contributed by atoms with van der Waals surface area (Å²) in [5.41, 5.74) is 1.14. The summed E-state index contributed by atoms with van der Waals surface area (Å²) in [6, 6.07) is 5.62. The van der Waals surface area contributed by atoms with Crippen LogP contribution in [0.15, 0.2) is 35.7 Å². The number of hydrogen-bond acceptors (Lipinski definition) is 4. The fraction of sp³-hybridized carbons (Fsp3) is 0.100. The summed E-state index contributed by atoms with van der Waals surface area (Å²) in [5.74, 6) is 1.41. The van der Waals surface area contributed by atoms with Gasteiger partial charge in [-0.15, -0.1) is 0 Å². The predicted molar refractivity (Wildman–Crippen MR) is 60.1 cm³/mol. The Hall–Kier alpha value is -1.75. The molecule has 75 valence electrons. The Morgan fingerprint density at radius 2 is 1.93 bits per heavy atom. The van der Waals surface area contributed by atoms with Gasteiger partial charge in [0, 0.05) is 12.4 Å². The van der Waals surface area contributed by atoms with E-state index in [2.05, 4.69) is 20.3 Å². The van der Waals surface area contributed by atoms with E-state index in [1.807, 2.05) is 19.1 Å². The highest BCUT2D eigenvalue weighted by Crippen LogP contribution is 2.12. The van der Waals surface area contributed by atoms with Crippen molar-refractivity contribution in [3.8, 4) is 0 Å². The van der Waals surface area contributed by atoms with E-state index in [9.17, 15) is 0 Å². The number of aromatic nitrogens is 3. The molecule has 1 radical (unpaired) electrons. The molecule has 4 nitrogen and oxygen atoms in total. The molecule has 0 aliphatic carbocycles. The number of aryl methyl sites for hydroxylation is 1. The van der Waals surface area contributed by atoms with Crippen LogP contribution < -0.4 is 5.32 Å². The molecule has 2 rings (SSSR count). The molecule has 2 aromatic rings. The molecule has 1 N–H and O–H groups in total. The van der Waals surface area contributed by atoms with Crippen molar-refractivity contribution in [1.29, 1.82) is 0 Å². The molecule has 0 fully saturated rings. The van der Waals surface area contributed by atoms with Crippen LogP contribution in [0.4, 0.5) is 11.6 Å². The second kappa shape index (κ2) is 4.18. The van der Waals surface area contributed by atoms with Gasteiger partial charge in [-0.25, -0.2) is 15.0 Å². The Morgan fingerprint density at radius 3 is 2.67 bits per heavy atom. The van der Waals surface area contributed by atoms with E-state index in [1.54, 1.807) is 18.5 Å². The van der Waals surface area contributed by atoms with Gasteiger partial charge in [-0.05, 0) is 43.3 Å². The van der Waals surface area contributed by atoms with Crippen LogP contribution in [0.25, 0.3) is 0 Å². The van der Waals surface area contributed by atoms with Gasteiger partial charge in [-0.2, -0.15) is 0 Å². The van der Waals surface area contributed by atoms with Gasteiger partial charge in [0.15, 0.2) is 0 Å². The fourth-order valence-electron chi connectivity index (χ4n) is 1.15. The van der Waals surface area contributed by atoms with Crippen molar-refractivity contribution in [2.75, 3.05) is 5.32 Å². The summed E-state index contributed by atoms with van der Waals surface area (Å²) >= 11 is 4.86. The molecule has 0 aromatic carbocycles. The van der Waals surface area contributed by atoms with Gasteiger partial charge < -0.3 is 5.32 Å². The molecule has 0 bridgehead atoms. The van der Waals surface area contributed by atoms with Crippen molar-refractivity contribution in [3.63, 3.8) is 0 Å². The molecular formula is C10H9N4S. The van der Waals surface area contributed by atoms with Gasteiger partial charge in [-0.3, -0.25) is 0 Å². The van der Waals surface area contributed by atoms with E-state index in [0.717, 1.165) is 11.4 Å². The highest BCUT2D eigenvalue weighted by molar-refractivity contribution is 7.80. The highest BCUT2D eigenvalue weighted by Gasteiger charge is 1.98. The van der Waals surface area contributed by atoms with Crippen molar-refractivity contribution in [2.24, 2.45) is 0 Å². The lowest BCUT2D eigenvalue weighted by atomic mass is 10.3. The van der Waals surface area contributed by atoms with Gasteiger partial charge in [0.1, 0.15) is 11.6 Å². The van der Waals surface area contributed by atoms with Crippen LogP contribution in [0, 0.1) is 6.92 Å². The lowest BCUT2D eigenvalue weighted by molar-refractivity contribution is 0.978. The first-order valence-electron chi connectivity index (χ1n) is 4.44. The number of anilines is 2. The number of hydrogen-bond donors (Lipinski definition) is 1. The van der Waals surface area contributed by atoms with E-state index >= 15 is 0 Å². The van der Waals surface area contributed by atoms with E-state index < -0.39 is 0 Å². The summed E-state index contributed by atoms with van der Waals surface area (Å²) in [5, 5.41) is 3.38. The molecule has 2 aromatic heterocycles. The topological polar surface area (TPSA) is 50.7 Å². The molecule has 0 amide bonds. The smallest absolute Gasteiger partial charge is 0.221 e. The summed E-state index contributed by atoms with van der Waals surface area (Å²) in [7, 11) is 0. The predicted octanol–water partition coefficient (Wildman–Crippen LogP) is 2.48. The zero-order chi connectivity index (χ0) is 10.7. The lowest BCUT2D eigenvalue weighted by Gasteiger charge is -2.04. The van der Waals surface area contributed by atoms with Crippen LogP contribution in [0.2, 0.25) is 0 Å². The maximum Gasteiger partial charge on any atom is 0.221 e. The molecule has 0 saturated heterocycles. The Balaban J connectivity index is 2.22. The molecule has 0 spiro atoms. The van der Waals surface area contributed by atoms with Crippen LogP contribution in [-0.2, 0) is 0 Å². The first kappa shape index (κ1) is 9.79. The minimum absolute atomic E-state index is 0.327. The first-order chi connectivity index (χ1) is 7.24. The van der Waals surface area contributed by atoms with Gasteiger partial charge in [0.2, 0.25) is 5.16 Å². The molecule has 0 saturated carbocycles. The van der Waals surface area contributed by atoms with Crippen molar-refractivity contribution < 1.29 is 0 Å². The van der Waals surface area contributed by atoms with Crippen LogP contribution >= 0.6 is 12.6 Å². The van der Waals surface area contributed by atoms with E-state index in [-0.39, 0.29) is 0 Å². The Labute approximate surface area is 93.2 Å². The third-order valence-electron chi connectivity index (χ3n) is 1.81. The van der Waals surface area contributed by atoms with Crippen LogP contribution in [-0.4, -0.2) is 15.0 Å². The maximum absolute atomic E-state index is 4.86. The maximum atomic E-state index is 4.86. The minimum Gasteiger partial charge on any atom is -0.325 e. The molecule has 15 heavy (non-hydrogen) atoms. The Kier molecular flexibility index (Phi) is 2.73. The average molecular weight is 217 g/mol. The Morgan fingerprint density at radius 1 is 1.13 bits per heavy atom. The van der Waals surface area contributed by atoms with E-state index in [0.29, 0.717) is 11.0 Å². The van der Waals surface area contributed by atoms with Crippen LogP contribution in [0.3, 0.4) is 0 Å². The molecule has 0 unspecified atom stereocenters. The summed E-state index contributed by atoms with van der Waals surface area (Å²) in [4.78, 5) is 12.1. The standard InChI is InChI=1S/C10H9N4S/c1-7-2-4-11-9(6-7)13-8-3-5-12-10(15)14-8/h2-6H,1H3,(H,11,12,13,14). The normalized spacial score (nSPS) is 9.93. The molecule has 0 atom stereocenters. The van der Waals surface area contributed by atoms with Crippen LogP contribution in [0.5, 0.6) is 0 Å². The second-order valence-corrected chi connectivity index (χ2v) is 3.43. The molecular weight excluding hydrogens is 208 g/mol. The molecule has 5 heteroatoms. The van der Waals surface area contributed by atoms with Crippen molar-refractivity contribution >= 4 is 24.3 Å². The quantitative estimate of drug-likeness (QED) is 0.785. The van der Waals surface area contributed by atoms with Crippen molar-refractivity contribution in [1.82, 2.24) is 15.0 Å². The molecule has 0 aliphatic heterocycles. The van der Waals surface area contributed by atoms with Gasteiger partial charge >= 0.3 is 0 Å². The molecule has 0 aliphatic rings. The first-order valence-corrected chi connectivity index (χ1v) is 4.84.